The van der Waals surface area contributed by atoms with Gasteiger partial charge in [-0.05, 0) is 5.41 Å². The van der Waals surface area contributed by atoms with E-state index < -0.39 is 0 Å². The average molecular weight is 150 g/mol. The fourth-order valence-corrected chi connectivity index (χ4v) is 0. The largest absolute Gasteiger partial charge is 0.0776 e. The molecule has 0 aliphatic rings. The Morgan fingerprint density at radius 3 is 0.600 bits per heavy atom. The molecule has 0 bridgehead atoms. The van der Waals surface area contributed by atoms with Gasteiger partial charge in [-0.15, -0.1) is 0 Å². The van der Waals surface area contributed by atoms with Crippen molar-refractivity contribution >= 4 is 0 Å². The van der Waals surface area contributed by atoms with Gasteiger partial charge in [0, 0.05) is 0 Å². The zero-order chi connectivity index (χ0) is 6.50. The van der Waals surface area contributed by atoms with Crippen molar-refractivity contribution in [1.82, 2.24) is 0 Å². The van der Waals surface area contributed by atoms with Gasteiger partial charge in [0.25, 0.3) is 0 Å². The van der Waals surface area contributed by atoms with Crippen molar-refractivity contribution in [3.05, 3.63) is 0 Å². The summed E-state index contributed by atoms with van der Waals surface area (Å²) in [6, 6.07) is 0. The van der Waals surface area contributed by atoms with Gasteiger partial charge in [0.1, 0.15) is 0 Å². The SMILES string of the molecule is C.C.C.CC.CC(C)(C)C. The Morgan fingerprint density at radius 1 is 0.600 bits per heavy atom. The molecular weight excluding hydrogens is 120 g/mol. The van der Waals surface area contributed by atoms with Crippen LogP contribution in [0.5, 0.6) is 0 Å². The van der Waals surface area contributed by atoms with Crippen LogP contribution >= 0.6 is 0 Å². The zero-order valence-corrected chi connectivity index (χ0v) is 6.50. The monoisotopic (exact) mass is 150 g/mol. The van der Waals surface area contributed by atoms with Crippen LogP contribution in [-0.4, -0.2) is 0 Å². The zero-order valence-electron chi connectivity index (χ0n) is 6.50. The van der Waals surface area contributed by atoms with Crippen LogP contribution < -0.4 is 0 Å². The van der Waals surface area contributed by atoms with E-state index in [1.807, 2.05) is 13.8 Å². The van der Waals surface area contributed by atoms with E-state index in [0.29, 0.717) is 5.41 Å². The molecule has 0 spiro atoms. The predicted octanol–water partition coefficient (Wildman–Crippen LogP) is 4.99. The highest BCUT2D eigenvalue weighted by atomic mass is 14.0. The summed E-state index contributed by atoms with van der Waals surface area (Å²) in [6.45, 7) is 12.8. The molecule has 70 valence electrons. The minimum atomic E-state index is 0. The van der Waals surface area contributed by atoms with Gasteiger partial charge in [0.15, 0.2) is 0 Å². The van der Waals surface area contributed by atoms with Crippen molar-refractivity contribution in [3.63, 3.8) is 0 Å². The van der Waals surface area contributed by atoms with Crippen molar-refractivity contribution in [3.8, 4) is 0 Å². The van der Waals surface area contributed by atoms with Crippen molar-refractivity contribution in [2.45, 2.75) is 63.8 Å². The van der Waals surface area contributed by atoms with Gasteiger partial charge in [-0.3, -0.25) is 0 Å². The Hall–Kier alpha value is 0. The molecule has 0 fully saturated rings. The second kappa shape index (κ2) is 16.0. The van der Waals surface area contributed by atoms with Crippen molar-refractivity contribution < 1.29 is 0 Å². The van der Waals surface area contributed by atoms with Crippen LogP contribution in [0.25, 0.3) is 0 Å². The Balaban J connectivity index is -0.0000000154. The van der Waals surface area contributed by atoms with E-state index in [4.69, 9.17) is 0 Å². The smallest absolute Gasteiger partial charge is 0.0411 e. The molecule has 0 aromatic rings. The normalized spacial score (nSPS) is 6.60. The van der Waals surface area contributed by atoms with Gasteiger partial charge in [0.2, 0.25) is 0 Å². The molecule has 0 saturated carbocycles. The Bertz CT molecular complexity index is 15.5. The molecule has 0 aliphatic heterocycles. The summed E-state index contributed by atoms with van der Waals surface area (Å²) < 4.78 is 0. The van der Waals surface area contributed by atoms with E-state index in [9.17, 15) is 0 Å². The summed E-state index contributed by atoms with van der Waals surface area (Å²) in [4.78, 5) is 0. The van der Waals surface area contributed by atoms with Gasteiger partial charge in [0.05, 0.1) is 0 Å². The summed E-state index contributed by atoms with van der Waals surface area (Å²) in [7, 11) is 0. The first-order chi connectivity index (χ1) is 3.00. The quantitative estimate of drug-likeness (QED) is 0.456. The lowest BCUT2D eigenvalue weighted by Crippen LogP contribution is -1.93. The first kappa shape index (κ1) is 32.4. The Morgan fingerprint density at radius 2 is 0.600 bits per heavy atom. The van der Waals surface area contributed by atoms with Gasteiger partial charge in [-0.25, -0.2) is 0 Å². The fraction of sp³-hybridized carbons (Fsp3) is 1.00. The highest BCUT2D eigenvalue weighted by molar-refractivity contribution is 4.47. The van der Waals surface area contributed by atoms with Crippen LogP contribution in [0.3, 0.4) is 0 Å². The first-order valence-corrected chi connectivity index (χ1v) is 3.00. The predicted molar refractivity (Wildman–Crippen MR) is 56.7 cm³/mol. The van der Waals surface area contributed by atoms with E-state index in [0.717, 1.165) is 0 Å². The first-order valence-electron chi connectivity index (χ1n) is 3.00. The van der Waals surface area contributed by atoms with Crippen molar-refractivity contribution in [1.29, 1.82) is 0 Å². The maximum atomic E-state index is 2.19. The molecule has 0 rings (SSSR count). The molecule has 0 aromatic carbocycles. The molecule has 0 amide bonds. The second-order valence-corrected chi connectivity index (χ2v) is 3.00. The molecule has 0 atom stereocenters. The Labute approximate surface area is 70.0 Å². The van der Waals surface area contributed by atoms with Crippen LogP contribution in [-0.2, 0) is 0 Å². The van der Waals surface area contributed by atoms with E-state index in [1.54, 1.807) is 0 Å². The lowest BCUT2D eigenvalue weighted by atomic mass is 10.0. The van der Waals surface area contributed by atoms with E-state index in [-0.39, 0.29) is 22.3 Å². The highest BCUT2D eigenvalue weighted by Crippen LogP contribution is 2.07. The van der Waals surface area contributed by atoms with Crippen LogP contribution in [0, 0.1) is 5.41 Å². The molecule has 0 aromatic heterocycles. The van der Waals surface area contributed by atoms with E-state index in [1.165, 1.54) is 0 Å². The van der Waals surface area contributed by atoms with Crippen LogP contribution in [0.2, 0.25) is 0 Å². The highest BCUT2D eigenvalue weighted by Gasteiger charge is 1.95. The molecule has 0 heterocycles. The van der Waals surface area contributed by atoms with Crippen LogP contribution in [0.4, 0.5) is 0 Å². The number of hydrogen-bond donors (Lipinski definition) is 0. The molecule has 0 saturated heterocycles. The van der Waals surface area contributed by atoms with E-state index >= 15 is 0 Å². The summed E-state index contributed by atoms with van der Waals surface area (Å²) >= 11 is 0. The molecule has 0 N–H and O–H groups in total. The maximum absolute atomic E-state index is 2.19. The third-order valence-corrected chi connectivity index (χ3v) is 0. The molecule has 0 nitrogen and oxygen atoms in total. The van der Waals surface area contributed by atoms with Crippen LogP contribution in [0.15, 0.2) is 0 Å². The van der Waals surface area contributed by atoms with Gasteiger partial charge in [-0.2, -0.15) is 0 Å². The average Bonchev–Trinajstić information content (AvgIpc) is 1.36. The third-order valence-electron chi connectivity index (χ3n) is 0. The summed E-state index contributed by atoms with van der Waals surface area (Å²) in [5.74, 6) is 0. The van der Waals surface area contributed by atoms with Crippen LogP contribution in [0.1, 0.15) is 63.8 Å². The van der Waals surface area contributed by atoms with E-state index in [2.05, 4.69) is 27.7 Å². The third kappa shape index (κ3) is 0. The number of rotatable bonds is 0. The van der Waals surface area contributed by atoms with Gasteiger partial charge in [-0.1, -0.05) is 63.8 Å². The topological polar surface area (TPSA) is 0 Å². The lowest BCUT2D eigenvalue weighted by Gasteiger charge is -2.05. The summed E-state index contributed by atoms with van der Waals surface area (Å²) in [6.07, 6.45) is 0. The minimum Gasteiger partial charge on any atom is -0.0776 e. The molecule has 0 radical (unpaired) electrons. The fourth-order valence-electron chi connectivity index (χ4n) is 0. The lowest BCUT2D eigenvalue weighted by molar-refractivity contribution is 0.469. The van der Waals surface area contributed by atoms with Gasteiger partial charge >= 0.3 is 0 Å². The molecule has 0 unspecified atom stereocenters. The molecule has 0 heteroatoms. The molecule has 10 heavy (non-hydrogen) atoms. The summed E-state index contributed by atoms with van der Waals surface area (Å²) in [5.41, 5.74) is 0.500. The maximum Gasteiger partial charge on any atom is -0.0411 e. The Kier molecular flexibility index (Phi) is 51.8. The van der Waals surface area contributed by atoms with Crippen molar-refractivity contribution in [2.24, 2.45) is 5.41 Å². The minimum absolute atomic E-state index is 0. The molecule has 0 aliphatic carbocycles. The van der Waals surface area contributed by atoms with Gasteiger partial charge < -0.3 is 0 Å². The molecular formula is C10H30. The second-order valence-electron chi connectivity index (χ2n) is 3.00. The standard InChI is InChI=1S/C5H12.C2H6.3CH4/c1-5(2,3)4;1-2;;;/h1-4H3;1-2H3;3*1H4. The number of hydrogen-bond acceptors (Lipinski definition) is 0. The summed E-state index contributed by atoms with van der Waals surface area (Å²) in [5, 5.41) is 0. The van der Waals surface area contributed by atoms with Crippen molar-refractivity contribution in [2.75, 3.05) is 0 Å².